The van der Waals surface area contributed by atoms with Crippen LogP contribution >= 0.6 is 24.0 Å². The lowest BCUT2D eigenvalue weighted by Gasteiger charge is -2.35. The molecule has 1 heterocycles. The Labute approximate surface area is 136 Å². The molecule has 0 bridgehead atoms. The predicted octanol–water partition coefficient (Wildman–Crippen LogP) is 4.18. The molecule has 0 saturated carbocycles. The van der Waals surface area contributed by atoms with Gasteiger partial charge in [0, 0.05) is 37.8 Å². The topological polar surface area (TPSA) is 15.3 Å². The number of benzene rings is 1. The van der Waals surface area contributed by atoms with Gasteiger partial charge in [-0.2, -0.15) is 0 Å². The average molecular weight is 339 g/mol. The fourth-order valence-electron chi connectivity index (χ4n) is 2.75. The van der Waals surface area contributed by atoms with E-state index in [9.17, 15) is 8.78 Å². The van der Waals surface area contributed by atoms with E-state index >= 15 is 0 Å². The molecule has 2 rings (SSSR count). The largest absolute Gasteiger partial charge is 0.314 e. The third-order valence-electron chi connectivity index (χ3n) is 3.84. The fraction of sp³-hybridized carbons (Fsp3) is 0.600. The average Bonchev–Trinajstić information content (AvgIpc) is 2.47. The molecule has 1 aliphatic rings. The minimum Gasteiger partial charge on any atom is -0.314 e. The van der Waals surface area contributed by atoms with Crippen molar-refractivity contribution >= 4 is 24.0 Å². The summed E-state index contributed by atoms with van der Waals surface area (Å²) in [6, 6.07) is 2.32. The number of rotatable bonds is 5. The second kappa shape index (κ2) is 8.89. The van der Waals surface area contributed by atoms with Crippen LogP contribution in [0.15, 0.2) is 12.1 Å². The lowest BCUT2D eigenvalue weighted by atomic mass is 9.97. The van der Waals surface area contributed by atoms with Crippen molar-refractivity contribution < 1.29 is 8.78 Å². The first-order valence-corrected chi connectivity index (χ1v) is 7.61. The van der Waals surface area contributed by atoms with Crippen LogP contribution in [0.25, 0.3) is 0 Å². The van der Waals surface area contributed by atoms with E-state index < -0.39 is 11.6 Å². The summed E-state index contributed by atoms with van der Waals surface area (Å²) in [5, 5.41) is 3.26. The molecule has 1 fully saturated rings. The predicted molar refractivity (Wildman–Crippen MR) is 85.3 cm³/mol. The molecule has 1 aromatic rings. The van der Waals surface area contributed by atoms with Crippen LogP contribution in [0.2, 0.25) is 5.02 Å². The third-order valence-corrected chi connectivity index (χ3v) is 4.13. The van der Waals surface area contributed by atoms with Crippen LogP contribution < -0.4 is 5.32 Å². The molecular formula is C15H22Cl2F2N2. The highest BCUT2D eigenvalue weighted by molar-refractivity contribution is 6.30. The molecule has 0 aliphatic carbocycles. The maximum absolute atomic E-state index is 14.3. The van der Waals surface area contributed by atoms with Gasteiger partial charge in [-0.1, -0.05) is 31.4 Å². The lowest BCUT2D eigenvalue weighted by Crippen LogP contribution is -2.45. The molecule has 120 valence electrons. The number of halogens is 4. The van der Waals surface area contributed by atoms with Crippen molar-refractivity contribution in [3.63, 3.8) is 0 Å². The van der Waals surface area contributed by atoms with Gasteiger partial charge in [0.15, 0.2) is 0 Å². The molecule has 1 N–H and O–H groups in total. The Morgan fingerprint density at radius 3 is 2.57 bits per heavy atom. The van der Waals surface area contributed by atoms with Gasteiger partial charge in [-0.3, -0.25) is 4.90 Å². The Balaban J connectivity index is 0.00000220. The summed E-state index contributed by atoms with van der Waals surface area (Å²) in [4.78, 5) is 2.16. The first-order chi connectivity index (χ1) is 9.65. The number of unbranched alkanes of at least 4 members (excludes halogenated alkanes) is 1. The summed E-state index contributed by atoms with van der Waals surface area (Å²) < 4.78 is 28.4. The summed E-state index contributed by atoms with van der Waals surface area (Å²) >= 11 is 5.83. The van der Waals surface area contributed by atoms with E-state index in [1.54, 1.807) is 0 Å². The molecule has 1 aromatic carbocycles. The molecular weight excluding hydrogens is 317 g/mol. The van der Waals surface area contributed by atoms with Crippen LogP contribution in [0.1, 0.15) is 37.8 Å². The van der Waals surface area contributed by atoms with E-state index in [-0.39, 0.29) is 29.0 Å². The molecule has 0 spiro atoms. The fourth-order valence-corrected chi connectivity index (χ4v) is 2.91. The Morgan fingerprint density at radius 1 is 1.29 bits per heavy atom. The van der Waals surface area contributed by atoms with Crippen LogP contribution in [-0.4, -0.2) is 31.1 Å². The molecule has 21 heavy (non-hydrogen) atoms. The van der Waals surface area contributed by atoms with Gasteiger partial charge in [0.05, 0.1) is 5.02 Å². The zero-order chi connectivity index (χ0) is 14.5. The van der Waals surface area contributed by atoms with Crippen molar-refractivity contribution in [1.82, 2.24) is 10.2 Å². The summed E-state index contributed by atoms with van der Waals surface area (Å²) in [6.45, 7) is 5.40. The number of hydrogen-bond donors (Lipinski definition) is 1. The van der Waals surface area contributed by atoms with E-state index in [4.69, 9.17) is 11.6 Å². The Morgan fingerprint density at radius 2 is 1.95 bits per heavy atom. The lowest BCUT2D eigenvalue weighted by molar-refractivity contribution is 0.156. The van der Waals surface area contributed by atoms with Crippen LogP contribution in [0, 0.1) is 11.6 Å². The maximum Gasteiger partial charge on any atom is 0.149 e. The van der Waals surface area contributed by atoms with Gasteiger partial charge in [-0.15, -0.1) is 12.4 Å². The second-order valence-corrected chi connectivity index (χ2v) is 5.61. The third kappa shape index (κ3) is 4.52. The summed E-state index contributed by atoms with van der Waals surface area (Å²) in [5.41, 5.74) is 0.132. The summed E-state index contributed by atoms with van der Waals surface area (Å²) in [5.74, 6) is -1.10. The smallest absolute Gasteiger partial charge is 0.149 e. The molecule has 1 atom stereocenters. The van der Waals surface area contributed by atoms with E-state index in [0.29, 0.717) is 0 Å². The monoisotopic (exact) mass is 338 g/mol. The van der Waals surface area contributed by atoms with Gasteiger partial charge in [-0.25, -0.2) is 8.78 Å². The van der Waals surface area contributed by atoms with Gasteiger partial charge >= 0.3 is 0 Å². The number of nitrogens with one attached hydrogen (secondary N) is 1. The van der Waals surface area contributed by atoms with Crippen LogP contribution in [0.4, 0.5) is 8.78 Å². The van der Waals surface area contributed by atoms with E-state index in [1.165, 1.54) is 12.1 Å². The van der Waals surface area contributed by atoms with Gasteiger partial charge in [0.2, 0.25) is 0 Å². The van der Waals surface area contributed by atoms with Gasteiger partial charge < -0.3 is 5.32 Å². The van der Waals surface area contributed by atoms with Crippen molar-refractivity contribution in [3.05, 3.63) is 34.4 Å². The van der Waals surface area contributed by atoms with Gasteiger partial charge in [-0.05, 0) is 18.6 Å². The standard InChI is InChI=1S/C15H21ClF2N2.ClH/c1-2-3-4-13(20-9-7-19-8-10-20)14-12(17)6-5-11(16)15(14)18;/h5-6,13,19H,2-4,7-10H2,1H3;1H/t13-;/m1./s1. The van der Waals surface area contributed by atoms with E-state index in [2.05, 4.69) is 17.1 Å². The molecule has 2 nitrogen and oxygen atoms in total. The zero-order valence-corrected chi connectivity index (χ0v) is 13.7. The minimum absolute atomic E-state index is 0. The molecule has 1 aliphatic heterocycles. The normalized spacial score (nSPS) is 17.3. The highest BCUT2D eigenvalue weighted by Gasteiger charge is 2.28. The van der Waals surface area contributed by atoms with Crippen LogP contribution in [0.3, 0.4) is 0 Å². The Bertz CT molecular complexity index is 452. The first kappa shape index (κ1) is 18.6. The number of nitrogens with zero attached hydrogens (tertiary/aromatic N) is 1. The van der Waals surface area contributed by atoms with Crippen LogP contribution in [0.5, 0.6) is 0 Å². The summed E-state index contributed by atoms with van der Waals surface area (Å²) in [7, 11) is 0. The Hall–Kier alpha value is -0.420. The highest BCUT2D eigenvalue weighted by atomic mass is 35.5. The van der Waals surface area contributed by atoms with Crippen molar-refractivity contribution in [2.45, 2.75) is 32.2 Å². The Kier molecular flexibility index (Phi) is 7.88. The molecule has 0 aromatic heterocycles. The number of piperazine rings is 1. The molecule has 0 radical (unpaired) electrons. The first-order valence-electron chi connectivity index (χ1n) is 7.23. The molecule has 1 saturated heterocycles. The van der Waals surface area contributed by atoms with Crippen LogP contribution in [-0.2, 0) is 0 Å². The van der Waals surface area contributed by atoms with Crippen molar-refractivity contribution in [3.8, 4) is 0 Å². The minimum atomic E-state index is -0.605. The van der Waals surface area contributed by atoms with Gasteiger partial charge in [0.25, 0.3) is 0 Å². The SMILES string of the molecule is CCCC[C@H](c1c(F)ccc(Cl)c1F)N1CCNCC1.Cl. The molecule has 0 unspecified atom stereocenters. The maximum atomic E-state index is 14.3. The molecule has 0 amide bonds. The van der Waals surface area contributed by atoms with E-state index in [0.717, 1.165) is 45.4 Å². The van der Waals surface area contributed by atoms with E-state index in [1.807, 2.05) is 0 Å². The quantitative estimate of drug-likeness (QED) is 0.810. The number of hydrogen-bond acceptors (Lipinski definition) is 2. The highest BCUT2D eigenvalue weighted by Crippen LogP contribution is 2.33. The van der Waals surface area contributed by atoms with Gasteiger partial charge in [0.1, 0.15) is 11.6 Å². The summed E-state index contributed by atoms with van der Waals surface area (Å²) in [6.07, 6.45) is 2.71. The van der Waals surface area contributed by atoms with Crippen molar-refractivity contribution in [2.24, 2.45) is 0 Å². The van der Waals surface area contributed by atoms with Crippen molar-refractivity contribution in [1.29, 1.82) is 0 Å². The second-order valence-electron chi connectivity index (χ2n) is 5.20. The molecule has 6 heteroatoms. The van der Waals surface area contributed by atoms with Crippen molar-refractivity contribution in [2.75, 3.05) is 26.2 Å². The zero-order valence-electron chi connectivity index (χ0n) is 12.2.